The van der Waals surface area contributed by atoms with E-state index < -0.39 is 0 Å². The monoisotopic (exact) mass is 326 g/mol. The minimum absolute atomic E-state index is 0.246. The van der Waals surface area contributed by atoms with Crippen molar-refractivity contribution in [2.75, 3.05) is 19.8 Å². The minimum Gasteiger partial charge on any atom is -0.477 e. The van der Waals surface area contributed by atoms with Crippen molar-refractivity contribution in [1.82, 2.24) is 9.97 Å². The first-order valence-electron chi connectivity index (χ1n) is 6.99. The van der Waals surface area contributed by atoms with E-state index in [9.17, 15) is 0 Å². The van der Waals surface area contributed by atoms with Crippen LogP contribution in [0.3, 0.4) is 0 Å². The average Bonchev–Trinajstić information content (AvgIpc) is 2.52. The van der Waals surface area contributed by atoms with Crippen LogP contribution in [-0.4, -0.2) is 29.8 Å². The van der Waals surface area contributed by atoms with Crippen LogP contribution in [0, 0.1) is 5.92 Å². The van der Waals surface area contributed by atoms with E-state index in [1.807, 2.05) is 12.1 Å². The number of aromatic nitrogens is 2. The summed E-state index contributed by atoms with van der Waals surface area (Å²) in [6, 6.07) is 5.50. The van der Waals surface area contributed by atoms with Crippen LogP contribution in [0.25, 0.3) is 10.9 Å². The molecule has 1 saturated heterocycles. The summed E-state index contributed by atoms with van der Waals surface area (Å²) in [4.78, 5) is 8.78. The smallest absolute Gasteiger partial charge is 0.224 e. The standard InChI is InChI=1S/C15H16Cl2N2O2/c16-8-14-18-13-7-11(17)1-2-12(13)15(19-14)21-9-10-3-5-20-6-4-10/h1-2,7,10H,3-6,8-9H2. The Morgan fingerprint density at radius 3 is 2.81 bits per heavy atom. The fraction of sp³-hybridized carbons (Fsp3) is 0.467. The highest BCUT2D eigenvalue weighted by atomic mass is 35.5. The Morgan fingerprint density at radius 2 is 2.05 bits per heavy atom. The molecule has 1 aromatic heterocycles. The minimum atomic E-state index is 0.246. The molecule has 0 atom stereocenters. The fourth-order valence-electron chi connectivity index (χ4n) is 2.40. The molecular weight excluding hydrogens is 311 g/mol. The summed E-state index contributed by atoms with van der Waals surface area (Å²) in [6.07, 6.45) is 2.05. The summed E-state index contributed by atoms with van der Waals surface area (Å²) in [7, 11) is 0. The van der Waals surface area contributed by atoms with Crippen molar-refractivity contribution in [3.8, 4) is 5.88 Å². The van der Waals surface area contributed by atoms with Crippen molar-refractivity contribution < 1.29 is 9.47 Å². The number of hydrogen-bond acceptors (Lipinski definition) is 4. The van der Waals surface area contributed by atoms with Crippen LogP contribution in [0.15, 0.2) is 18.2 Å². The van der Waals surface area contributed by atoms with Gasteiger partial charge in [-0.25, -0.2) is 4.98 Å². The van der Waals surface area contributed by atoms with Crippen LogP contribution < -0.4 is 4.74 Å². The van der Waals surface area contributed by atoms with E-state index in [2.05, 4.69) is 9.97 Å². The van der Waals surface area contributed by atoms with E-state index in [1.54, 1.807) is 6.07 Å². The lowest BCUT2D eigenvalue weighted by Crippen LogP contribution is -2.21. The highest BCUT2D eigenvalue weighted by Gasteiger charge is 2.16. The van der Waals surface area contributed by atoms with Crippen molar-refractivity contribution in [2.45, 2.75) is 18.7 Å². The Bertz CT molecular complexity index is 630. The van der Waals surface area contributed by atoms with Crippen molar-refractivity contribution in [3.63, 3.8) is 0 Å². The Labute approximate surface area is 133 Å². The topological polar surface area (TPSA) is 44.2 Å². The molecule has 1 fully saturated rings. The molecule has 1 aliphatic rings. The third-order valence-electron chi connectivity index (χ3n) is 3.59. The highest BCUT2D eigenvalue weighted by molar-refractivity contribution is 6.31. The van der Waals surface area contributed by atoms with Crippen LogP contribution in [0.5, 0.6) is 5.88 Å². The van der Waals surface area contributed by atoms with Crippen LogP contribution in [-0.2, 0) is 10.6 Å². The van der Waals surface area contributed by atoms with Gasteiger partial charge in [-0.3, -0.25) is 0 Å². The van der Waals surface area contributed by atoms with Crippen LogP contribution >= 0.6 is 23.2 Å². The summed E-state index contributed by atoms with van der Waals surface area (Å²) >= 11 is 11.9. The van der Waals surface area contributed by atoms with Crippen molar-refractivity contribution >= 4 is 34.1 Å². The summed E-state index contributed by atoms with van der Waals surface area (Å²) in [5, 5.41) is 1.50. The maximum absolute atomic E-state index is 6.02. The second kappa shape index (κ2) is 6.77. The molecule has 0 N–H and O–H groups in total. The lowest BCUT2D eigenvalue weighted by molar-refractivity contribution is 0.0492. The molecule has 6 heteroatoms. The van der Waals surface area contributed by atoms with Gasteiger partial charge in [-0.2, -0.15) is 4.98 Å². The molecule has 0 saturated carbocycles. The molecule has 0 radical (unpaired) electrons. The zero-order chi connectivity index (χ0) is 14.7. The van der Waals surface area contributed by atoms with Gasteiger partial charge in [0, 0.05) is 18.2 Å². The van der Waals surface area contributed by atoms with Gasteiger partial charge in [0.2, 0.25) is 5.88 Å². The molecule has 1 aliphatic heterocycles. The van der Waals surface area contributed by atoms with Gasteiger partial charge in [0.15, 0.2) is 0 Å². The van der Waals surface area contributed by atoms with E-state index in [1.165, 1.54) is 0 Å². The van der Waals surface area contributed by atoms with Gasteiger partial charge in [0.1, 0.15) is 5.82 Å². The SMILES string of the molecule is ClCc1nc(OCC2CCOCC2)c2ccc(Cl)cc2n1. The largest absolute Gasteiger partial charge is 0.477 e. The number of ether oxygens (including phenoxy) is 2. The van der Waals surface area contributed by atoms with Gasteiger partial charge in [-0.15, -0.1) is 11.6 Å². The molecule has 0 bridgehead atoms. The number of alkyl halides is 1. The Balaban J connectivity index is 1.85. The Hall–Kier alpha value is -1.10. The van der Waals surface area contributed by atoms with Gasteiger partial charge < -0.3 is 9.47 Å². The third kappa shape index (κ3) is 3.57. The lowest BCUT2D eigenvalue weighted by atomic mass is 10.0. The van der Waals surface area contributed by atoms with Crippen molar-refractivity contribution in [1.29, 1.82) is 0 Å². The molecular formula is C15H16Cl2N2O2. The molecule has 1 aromatic carbocycles. The molecule has 0 amide bonds. The number of benzene rings is 1. The van der Waals surface area contributed by atoms with E-state index in [0.717, 1.165) is 37.0 Å². The zero-order valence-electron chi connectivity index (χ0n) is 11.5. The van der Waals surface area contributed by atoms with Crippen molar-refractivity contribution in [3.05, 3.63) is 29.0 Å². The third-order valence-corrected chi connectivity index (χ3v) is 4.06. The van der Waals surface area contributed by atoms with Crippen LogP contribution in [0.4, 0.5) is 0 Å². The second-order valence-electron chi connectivity index (χ2n) is 5.11. The molecule has 112 valence electrons. The molecule has 21 heavy (non-hydrogen) atoms. The maximum atomic E-state index is 6.02. The lowest BCUT2D eigenvalue weighted by Gasteiger charge is -2.22. The molecule has 0 spiro atoms. The quantitative estimate of drug-likeness (QED) is 0.801. The Kier molecular flexibility index (Phi) is 4.78. The van der Waals surface area contributed by atoms with Gasteiger partial charge in [0.05, 0.1) is 23.4 Å². The molecule has 0 aliphatic carbocycles. The Morgan fingerprint density at radius 1 is 1.24 bits per heavy atom. The molecule has 2 aromatic rings. The first-order valence-corrected chi connectivity index (χ1v) is 7.90. The highest BCUT2D eigenvalue weighted by Crippen LogP contribution is 2.27. The number of nitrogens with zero attached hydrogens (tertiary/aromatic N) is 2. The molecule has 0 unspecified atom stereocenters. The van der Waals surface area contributed by atoms with Gasteiger partial charge in [-0.05, 0) is 37.0 Å². The predicted molar refractivity (Wildman–Crippen MR) is 83.1 cm³/mol. The average molecular weight is 327 g/mol. The number of rotatable bonds is 4. The van der Waals surface area contributed by atoms with E-state index >= 15 is 0 Å². The van der Waals surface area contributed by atoms with E-state index in [-0.39, 0.29) is 5.88 Å². The van der Waals surface area contributed by atoms with Crippen molar-refractivity contribution in [2.24, 2.45) is 5.92 Å². The van der Waals surface area contributed by atoms with Gasteiger partial charge in [0.25, 0.3) is 0 Å². The number of fused-ring (bicyclic) bond motifs is 1. The van der Waals surface area contributed by atoms with E-state index in [0.29, 0.717) is 29.3 Å². The summed E-state index contributed by atoms with van der Waals surface area (Å²) in [5.41, 5.74) is 0.759. The zero-order valence-corrected chi connectivity index (χ0v) is 13.0. The van der Waals surface area contributed by atoms with E-state index in [4.69, 9.17) is 32.7 Å². The fourth-order valence-corrected chi connectivity index (χ4v) is 2.69. The first-order chi connectivity index (χ1) is 10.3. The predicted octanol–water partition coefficient (Wildman–Crippen LogP) is 3.83. The molecule has 2 heterocycles. The second-order valence-corrected chi connectivity index (χ2v) is 5.81. The number of halogens is 2. The van der Waals surface area contributed by atoms with Crippen LogP contribution in [0.1, 0.15) is 18.7 Å². The summed E-state index contributed by atoms with van der Waals surface area (Å²) < 4.78 is 11.3. The summed E-state index contributed by atoms with van der Waals surface area (Å²) in [6.45, 7) is 2.25. The molecule has 4 nitrogen and oxygen atoms in total. The molecule has 3 rings (SSSR count). The van der Waals surface area contributed by atoms with Gasteiger partial charge >= 0.3 is 0 Å². The summed E-state index contributed by atoms with van der Waals surface area (Å²) in [5.74, 6) is 1.89. The number of hydrogen-bond donors (Lipinski definition) is 0. The maximum Gasteiger partial charge on any atom is 0.224 e. The normalized spacial score (nSPS) is 16.3. The first kappa shape index (κ1) is 14.8. The van der Waals surface area contributed by atoms with Gasteiger partial charge in [-0.1, -0.05) is 11.6 Å². The van der Waals surface area contributed by atoms with Crippen LogP contribution in [0.2, 0.25) is 5.02 Å².